The fourth-order valence-electron chi connectivity index (χ4n) is 1.35. The van der Waals surface area contributed by atoms with Gasteiger partial charge in [0.25, 0.3) is 0 Å². The number of aromatic nitrogens is 2. The molecule has 1 aliphatic rings. The van der Waals surface area contributed by atoms with E-state index < -0.39 is 0 Å². The first-order chi connectivity index (χ1) is 6.90. The summed E-state index contributed by atoms with van der Waals surface area (Å²) in [6, 6.07) is 2.08. The van der Waals surface area contributed by atoms with Gasteiger partial charge in [0.2, 0.25) is 0 Å². The van der Waals surface area contributed by atoms with Gasteiger partial charge in [0, 0.05) is 29.6 Å². The van der Waals surface area contributed by atoms with Crippen molar-refractivity contribution >= 4 is 21.7 Å². The number of alkyl halides is 1. The van der Waals surface area contributed by atoms with Gasteiger partial charge in [0.05, 0.1) is 0 Å². The van der Waals surface area contributed by atoms with Crippen LogP contribution >= 0.6 is 15.9 Å². The maximum absolute atomic E-state index is 4.27. The quantitative estimate of drug-likeness (QED) is 0.649. The summed E-state index contributed by atoms with van der Waals surface area (Å²) in [6.07, 6.45) is 5.35. The second-order valence-corrected chi connectivity index (χ2v) is 4.36. The first kappa shape index (κ1) is 9.90. The minimum atomic E-state index is 0.703. The molecular weight excluding hydrogens is 242 g/mol. The Balaban J connectivity index is 1.92. The van der Waals surface area contributed by atoms with Gasteiger partial charge in [-0.3, -0.25) is 0 Å². The number of anilines is 1. The monoisotopic (exact) mass is 255 g/mol. The van der Waals surface area contributed by atoms with Crippen LogP contribution in [-0.4, -0.2) is 21.8 Å². The number of hydrogen-bond acceptors (Lipinski definition) is 3. The van der Waals surface area contributed by atoms with E-state index in [-0.39, 0.29) is 0 Å². The molecule has 0 bridgehead atoms. The Kier molecular flexibility index (Phi) is 3.35. The lowest BCUT2D eigenvalue weighted by atomic mass is 10.3. The third-order valence-electron chi connectivity index (χ3n) is 2.30. The number of hydrogen-bond donors (Lipinski definition) is 1. The fraction of sp³-hybridized carbons (Fsp3) is 0.600. The summed E-state index contributed by atoms with van der Waals surface area (Å²) in [6.45, 7) is 0.965. The molecule has 0 saturated heterocycles. The van der Waals surface area contributed by atoms with Crippen LogP contribution < -0.4 is 5.32 Å². The Morgan fingerprint density at radius 3 is 3.00 bits per heavy atom. The van der Waals surface area contributed by atoms with Gasteiger partial charge in [0.1, 0.15) is 12.1 Å². The molecule has 0 atom stereocenters. The molecule has 0 radical (unpaired) electrons. The van der Waals surface area contributed by atoms with Crippen molar-refractivity contribution in [2.45, 2.75) is 25.2 Å². The summed E-state index contributed by atoms with van der Waals surface area (Å²) < 4.78 is 0. The molecular formula is C10H14BrN3. The van der Waals surface area contributed by atoms with Gasteiger partial charge in [-0.2, -0.15) is 0 Å². The van der Waals surface area contributed by atoms with Crippen molar-refractivity contribution in [3.63, 3.8) is 0 Å². The maximum atomic E-state index is 4.27. The van der Waals surface area contributed by atoms with Crippen LogP contribution in [0.1, 0.15) is 30.9 Å². The fourth-order valence-corrected chi connectivity index (χ4v) is 1.64. The normalized spacial score (nSPS) is 15.5. The molecule has 1 aliphatic carbocycles. The minimum Gasteiger partial charge on any atom is -0.370 e. The minimum absolute atomic E-state index is 0.703. The van der Waals surface area contributed by atoms with Crippen LogP contribution in [0, 0.1) is 0 Å². The summed E-state index contributed by atoms with van der Waals surface area (Å²) in [5.41, 5.74) is 1.20. The highest BCUT2D eigenvalue weighted by molar-refractivity contribution is 9.09. The summed E-state index contributed by atoms with van der Waals surface area (Å²) >= 11 is 3.40. The summed E-state index contributed by atoms with van der Waals surface area (Å²) in [4.78, 5) is 8.45. The zero-order chi connectivity index (χ0) is 9.80. The highest BCUT2D eigenvalue weighted by Crippen LogP contribution is 2.39. The maximum Gasteiger partial charge on any atom is 0.129 e. The Labute approximate surface area is 92.5 Å². The number of rotatable bonds is 5. The molecule has 1 N–H and O–H groups in total. The van der Waals surface area contributed by atoms with Crippen LogP contribution in [0.15, 0.2) is 12.4 Å². The second-order valence-electron chi connectivity index (χ2n) is 3.57. The van der Waals surface area contributed by atoms with Crippen LogP contribution in [0.2, 0.25) is 0 Å². The largest absolute Gasteiger partial charge is 0.370 e. The second kappa shape index (κ2) is 4.73. The van der Waals surface area contributed by atoms with E-state index in [2.05, 4.69) is 37.3 Å². The SMILES string of the molecule is BrCCCNc1cc(C2CC2)ncn1. The van der Waals surface area contributed by atoms with E-state index in [1.807, 2.05) is 0 Å². The Bertz CT molecular complexity index is 299. The van der Waals surface area contributed by atoms with Crippen molar-refractivity contribution in [1.82, 2.24) is 9.97 Å². The standard InChI is InChI=1S/C10H14BrN3/c11-4-1-5-12-10-6-9(8-2-3-8)13-7-14-10/h6-8H,1-5H2,(H,12,13,14). The number of nitrogens with zero attached hydrogens (tertiary/aromatic N) is 2. The van der Waals surface area contributed by atoms with E-state index in [0.717, 1.165) is 24.1 Å². The van der Waals surface area contributed by atoms with Crippen molar-refractivity contribution in [2.24, 2.45) is 0 Å². The topological polar surface area (TPSA) is 37.8 Å². The molecule has 0 amide bonds. The molecule has 0 spiro atoms. The number of halogens is 1. The highest BCUT2D eigenvalue weighted by Gasteiger charge is 2.25. The van der Waals surface area contributed by atoms with E-state index >= 15 is 0 Å². The van der Waals surface area contributed by atoms with E-state index in [1.54, 1.807) is 6.33 Å². The van der Waals surface area contributed by atoms with E-state index in [9.17, 15) is 0 Å². The lowest BCUT2D eigenvalue weighted by molar-refractivity contribution is 0.953. The zero-order valence-corrected chi connectivity index (χ0v) is 9.63. The predicted octanol–water partition coefficient (Wildman–Crippen LogP) is 2.55. The van der Waals surface area contributed by atoms with Gasteiger partial charge < -0.3 is 5.32 Å². The summed E-state index contributed by atoms with van der Waals surface area (Å²) in [5.74, 6) is 1.66. The molecule has 1 heterocycles. The van der Waals surface area contributed by atoms with Crippen LogP contribution in [0.3, 0.4) is 0 Å². The zero-order valence-electron chi connectivity index (χ0n) is 8.04. The molecule has 2 rings (SSSR count). The molecule has 0 aliphatic heterocycles. The average molecular weight is 256 g/mol. The first-order valence-corrected chi connectivity index (χ1v) is 6.14. The highest BCUT2D eigenvalue weighted by atomic mass is 79.9. The molecule has 1 fully saturated rings. The van der Waals surface area contributed by atoms with Crippen molar-refractivity contribution < 1.29 is 0 Å². The van der Waals surface area contributed by atoms with Crippen molar-refractivity contribution in [3.8, 4) is 0 Å². The Morgan fingerprint density at radius 2 is 2.29 bits per heavy atom. The van der Waals surface area contributed by atoms with Crippen LogP contribution in [0.5, 0.6) is 0 Å². The predicted molar refractivity (Wildman–Crippen MR) is 60.9 cm³/mol. The van der Waals surface area contributed by atoms with Crippen LogP contribution in [-0.2, 0) is 0 Å². The van der Waals surface area contributed by atoms with Gasteiger partial charge in [0.15, 0.2) is 0 Å². The van der Waals surface area contributed by atoms with Gasteiger partial charge >= 0.3 is 0 Å². The van der Waals surface area contributed by atoms with Gasteiger partial charge in [-0.25, -0.2) is 9.97 Å². The molecule has 14 heavy (non-hydrogen) atoms. The van der Waals surface area contributed by atoms with Crippen molar-refractivity contribution in [3.05, 3.63) is 18.1 Å². The third-order valence-corrected chi connectivity index (χ3v) is 2.86. The van der Waals surface area contributed by atoms with Crippen molar-refractivity contribution in [1.29, 1.82) is 0 Å². The van der Waals surface area contributed by atoms with E-state index in [0.29, 0.717) is 5.92 Å². The van der Waals surface area contributed by atoms with Gasteiger partial charge in [-0.05, 0) is 19.3 Å². The van der Waals surface area contributed by atoms with Crippen molar-refractivity contribution in [2.75, 3.05) is 17.2 Å². The van der Waals surface area contributed by atoms with Gasteiger partial charge in [-0.15, -0.1) is 0 Å². The lowest BCUT2D eigenvalue weighted by Crippen LogP contribution is -2.04. The van der Waals surface area contributed by atoms with E-state index in [4.69, 9.17) is 0 Å². The third kappa shape index (κ3) is 2.67. The number of nitrogens with one attached hydrogen (secondary N) is 1. The van der Waals surface area contributed by atoms with Gasteiger partial charge in [-0.1, -0.05) is 15.9 Å². The molecule has 0 unspecified atom stereocenters. The summed E-state index contributed by atoms with van der Waals surface area (Å²) in [5, 5.41) is 4.32. The van der Waals surface area contributed by atoms with E-state index in [1.165, 1.54) is 18.5 Å². The van der Waals surface area contributed by atoms with Crippen LogP contribution in [0.25, 0.3) is 0 Å². The Morgan fingerprint density at radius 1 is 1.43 bits per heavy atom. The first-order valence-electron chi connectivity index (χ1n) is 5.02. The molecule has 4 heteroatoms. The molecule has 0 aromatic carbocycles. The smallest absolute Gasteiger partial charge is 0.129 e. The molecule has 1 saturated carbocycles. The Hall–Kier alpha value is -0.640. The molecule has 76 valence electrons. The molecule has 1 aromatic rings. The lowest BCUT2D eigenvalue weighted by Gasteiger charge is -2.04. The summed E-state index contributed by atoms with van der Waals surface area (Å²) in [7, 11) is 0. The molecule has 1 aromatic heterocycles. The average Bonchev–Trinajstić information content (AvgIpc) is 3.02. The van der Waals surface area contributed by atoms with Crippen LogP contribution in [0.4, 0.5) is 5.82 Å². The molecule has 3 nitrogen and oxygen atoms in total.